The fourth-order valence-electron chi connectivity index (χ4n) is 4.35. The first-order chi connectivity index (χ1) is 17.6. The number of rotatable bonds is 8. The van der Waals surface area contributed by atoms with Gasteiger partial charge in [0.25, 0.3) is 0 Å². The zero-order valence-corrected chi connectivity index (χ0v) is 22.8. The van der Waals surface area contributed by atoms with Crippen molar-refractivity contribution in [2.24, 2.45) is 5.92 Å². The summed E-state index contributed by atoms with van der Waals surface area (Å²) in [5.41, 5.74) is 4.31. The zero-order chi connectivity index (χ0) is 27.3. The number of anilines is 1. The van der Waals surface area contributed by atoms with Gasteiger partial charge in [0.2, 0.25) is 11.8 Å². The van der Waals surface area contributed by atoms with Crippen LogP contribution in [0.1, 0.15) is 35.1 Å². The lowest BCUT2D eigenvalue weighted by Gasteiger charge is -2.31. The lowest BCUT2D eigenvalue weighted by Crippen LogP contribution is -2.44. The summed E-state index contributed by atoms with van der Waals surface area (Å²) in [5, 5.41) is 16.1. The first kappa shape index (κ1) is 28.1. The summed E-state index contributed by atoms with van der Waals surface area (Å²) >= 11 is 7.38. The molecule has 0 saturated heterocycles. The molecule has 0 fully saturated rings. The summed E-state index contributed by atoms with van der Waals surface area (Å²) in [4.78, 5) is 38.4. The molecule has 0 spiro atoms. The van der Waals surface area contributed by atoms with Crippen molar-refractivity contribution in [3.63, 3.8) is 0 Å². The first-order valence-electron chi connectivity index (χ1n) is 11.6. The fourth-order valence-corrected chi connectivity index (χ4v) is 5.45. The van der Waals surface area contributed by atoms with E-state index in [1.807, 2.05) is 39.8 Å². The predicted octanol–water partition coefficient (Wildman–Crippen LogP) is 4.77. The van der Waals surface area contributed by atoms with Crippen LogP contribution in [0.15, 0.2) is 40.9 Å². The molecule has 2 atom stereocenters. The second-order valence-corrected chi connectivity index (χ2v) is 9.95. The molecule has 0 unspecified atom stereocenters. The molecule has 2 aromatic rings. The van der Waals surface area contributed by atoms with Crippen molar-refractivity contribution >= 4 is 46.8 Å². The molecule has 0 saturated carbocycles. The van der Waals surface area contributed by atoms with Crippen LogP contribution < -0.4 is 15.4 Å². The number of allylic oxidation sites excluding steroid dienone is 1. The number of aryl methyl sites for hydroxylation is 3. The number of hydrogen-bond donors (Lipinski definition) is 2. The number of carbonyl (C=O) groups excluding carboxylic acids is 3. The molecule has 8 nitrogen and oxygen atoms in total. The van der Waals surface area contributed by atoms with Crippen LogP contribution in [-0.4, -0.2) is 37.3 Å². The molecule has 2 amide bonds. The number of amides is 2. The Bertz CT molecular complexity index is 1290. The first-order valence-corrected chi connectivity index (χ1v) is 12.9. The average Bonchev–Trinajstić information content (AvgIpc) is 2.85. The number of esters is 1. The topological polar surface area (TPSA) is 118 Å². The highest BCUT2D eigenvalue weighted by atomic mass is 35.5. The molecule has 3 rings (SSSR count). The number of carbonyl (C=O) groups is 3. The van der Waals surface area contributed by atoms with Gasteiger partial charge in [-0.15, -0.1) is 0 Å². The van der Waals surface area contributed by atoms with E-state index in [0.717, 1.165) is 34.1 Å². The van der Waals surface area contributed by atoms with Gasteiger partial charge in [0.15, 0.2) is 0 Å². The zero-order valence-electron chi connectivity index (χ0n) is 21.2. The van der Waals surface area contributed by atoms with Crippen LogP contribution in [0.4, 0.5) is 5.69 Å². The molecule has 0 bridgehead atoms. The van der Waals surface area contributed by atoms with Crippen LogP contribution in [-0.2, 0) is 19.1 Å². The number of methoxy groups -OCH3 is 1. The van der Waals surface area contributed by atoms with E-state index in [1.165, 1.54) is 7.11 Å². The van der Waals surface area contributed by atoms with Crippen LogP contribution in [0.25, 0.3) is 0 Å². The minimum atomic E-state index is -1.30. The Labute approximate surface area is 225 Å². The van der Waals surface area contributed by atoms with Gasteiger partial charge in [-0.2, -0.15) is 5.26 Å². The maximum absolute atomic E-state index is 13.0. The van der Waals surface area contributed by atoms with Crippen molar-refractivity contribution in [2.75, 3.05) is 24.8 Å². The van der Waals surface area contributed by atoms with Crippen molar-refractivity contribution in [3.05, 3.63) is 68.2 Å². The molecular formula is C27H28ClN3O5S. The normalized spacial score (nSPS) is 17.1. The Morgan fingerprint density at radius 3 is 2.43 bits per heavy atom. The third kappa shape index (κ3) is 6.27. The summed E-state index contributed by atoms with van der Waals surface area (Å²) < 4.78 is 10.3. The Hall–Kier alpha value is -3.48. The van der Waals surface area contributed by atoms with Gasteiger partial charge in [-0.05, 0) is 56.5 Å². The van der Waals surface area contributed by atoms with Gasteiger partial charge < -0.3 is 20.1 Å². The Morgan fingerprint density at radius 1 is 1.19 bits per heavy atom. The fraction of sp³-hybridized carbons (Fsp3) is 0.333. The summed E-state index contributed by atoms with van der Waals surface area (Å²) in [6.07, 6.45) is 0. The van der Waals surface area contributed by atoms with Gasteiger partial charge in [0.05, 0.1) is 41.2 Å². The quantitative estimate of drug-likeness (QED) is 0.365. The van der Waals surface area contributed by atoms with Crippen LogP contribution in [0.5, 0.6) is 5.75 Å². The van der Waals surface area contributed by atoms with Crippen molar-refractivity contribution in [1.82, 2.24) is 5.32 Å². The summed E-state index contributed by atoms with van der Waals surface area (Å²) in [5.74, 6) is -3.58. The molecule has 1 heterocycles. The van der Waals surface area contributed by atoms with E-state index in [1.54, 1.807) is 18.2 Å². The molecule has 1 aliphatic heterocycles. The average molecular weight is 542 g/mol. The van der Waals surface area contributed by atoms with E-state index < -0.39 is 23.7 Å². The van der Waals surface area contributed by atoms with Gasteiger partial charge in [0.1, 0.15) is 11.7 Å². The molecule has 194 valence electrons. The number of nitrogens with zero attached hydrogens (tertiary/aromatic N) is 1. The highest BCUT2D eigenvalue weighted by molar-refractivity contribution is 8.03. The molecule has 37 heavy (non-hydrogen) atoms. The maximum atomic E-state index is 13.0. The van der Waals surface area contributed by atoms with Gasteiger partial charge in [0, 0.05) is 11.6 Å². The van der Waals surface area contributed by atoms with E-state index in [2.05, 4.69) is 16.7 Å². The van der Waals surface area contributed by atoms with E-state index in [0.29, 0.717) is 17.9 Å². The van der Waals surface area contributed by atoms with Gasteiger partial charge >= 0.3 is 5.97 Å². The van der Waals surface area contributed by atoms with Crippen molar-refractivity contribution in [3.8, 4) is 11.8 Å². The standard InChI is InChI=1S/C27H28ClN3O5S/c1-6-36-20-8-7-17(11-19(20)28)22-18(12-29)26(31-25(33)23(22)27(34)35-5)37-13-21(32)30-24-15(3)9-14(2)10-16(24)4/h7-11,22-23H,6,13H2,1-5H3,(H,30,32)(H,31,33)/t22-,23-/m1/s1. The highest BCUT2D eigenvalue weighted by Gasteiger charge is 2.44. The van der Waals surface area contributed by atoms with E-state index in [-0.39, 0.29) is 27.3 Å². The van der Waals surface area contributed by atoms with E-state index >= 15 is 0 Å². The highest BCUT2D eigenvalue weighted by Crippen LogP contribution is 2.42. The Balaban J connectivity index is 1.93. The number of halogens is 1. The maximum Gasteiger partial charge on any atom is 0.319 e. The lowest BCUT2D eigenvalue weighted by atomic mass is 9.78. The molecular weight excluding hydrogens is 514 g/mol. The van der Waals surface area contributed by atoms with Crippen LogP contribution in [0.3, 0.4) is 0 Å². The monoisotopic (exact) mass is 541 g/mol. The van der Waals surface area contributed by atoms with Gasteiger partial charge in [-0.1, -0.05) is 47.1 Å². The molecule has 1 aliphatic rings. The van der Waals surface area contributed by atoms with Gasteiger partial charge in [-0.3, -0.25) is 14.4 Å². The Kier molecular flexibility index (Phi) is 9.24. The number of thioether (sulfide) groups is 1. The van der Waals surface area contributed by atoms with Crippen molar-refractivity contribution < 1.29 is 23.9 Å². The summed E-state index contributed by atoms with van der Waals surface area (Å²) in [6, 6.07) is 10.9. The minimum Gasteiger partial charge on any atom is -0.492 e. The van der Waals surface area contributed by atoms with Crippen LogP contribution >= 0.6 is 23.4 Å². The van der Waals surface area contributed by atoms with Crippen molar-refractivity contribution in [2.45, 2.75) is 33.6 Å². The SMILES string of the molecule is CCOc1ccc([C@@H]2C(C#N)=C(SCC(=O)Nc3c(C)cc(C)cc3C)NC(=O)[C@@H]2C(=O)OC)cc1Cl. The Morgan fingerprint density at radius 2 is 1.86 bits per heavy atom. The number of nitriles is 1. The molecule has 2 N–H and O–H groups in total. The number of hydrogen-bond acceptors (Lipinski definition) is 7. The molecule has 10 heteroatoms. The molecule has 0 radical (unpaired) electrons. The lowest BCUT2D eigenvalue weighted by molar-refractivity contribution is -0.150. The molecule has 0 aliphatic carbocycles. The summed E-state index contributed by atoms with van der Waals surface area (Å²) in [6.45, 7) is 8.04. The molecule has 0 aromatic heterocycles. The van der Waals surface area contributed by atoms with E-state index in [4.69, 9.17) is 21.1 Å². The number of benzene rings is 2. The third-order valence-electron chi connectivity index (χ3n) is 5.89. The third-order valence-corrected chi connectivity index (χ3v) is 7.20. The van der Waals surface area contributed by atoms with Crippen LogP contribution in [0.2, 0.25) is 5.02 Å². The minimum absolute atomic E-state index is 0.0623. The van der Waals surface area contributed by atoms with E-state index in [9.17, 15) is 19.6 Å². The number of ether oxygens (including phenoxy) is 2. The van der Waals surface area contributed by atoms with Gasteiger partial charge in [-0.25, -0.2) is 0 Å². The van der Waals surface area contributed by atoms with Crippen molar-refractivity contribution in [1.29, 1.82) is 5.26 Å². The second-order valence-electron chi connectivity index (χ2n) is 8.56. The van der Waals surface area contributed by atoms with Crippen LogP contribution in [0, 0.1) is 38.0 Å². The number of nitrogens with one attached hydrogen (secondary N) is 2. The summed E-state index contributed by atoms with van der Waals surface area (Å²) in [7, 11) is 1.18. The predicted molar refractivity (Wildman–Crippen MR) is 143 cm³/mol. The molecule has 2 aromatic carbocycles. The smallest absolute Gasteiger partial charge is 0.319 e. The second kappa shape index (κ2) is 12.2. The largest absolute Gasteiger partial charge is 0.492 e.